The number of aliphatic imine (C=N–C) groups is 2. The monoisotopic (exact) mass is 498 g/mol. The first kappa shape index (κ1) is 24.2. The summed E-state index contributed by atoms with van der Waals surface area (Å²) in [6.45, 7) is 7.11. The second-order valence-electron chi connectivity index (χ2n) is 9.22. The number of hydrogen-bond donors (Lipinski definition) is 2. The topological polar surface area (TPSA) is 69.8 Å². The lowest BCUT2D eigenvalue weighted by Gasteiger charge is -2.05. The molecule has 0 radical (unpaired) electrons. The van der Waals surface area contributed by atoms with Crippen molar-refractivity contribution < 1.29 is 0 Å². The first-order valence-corrected chi connectivity index (χ1v) is 12.7. The van der Waals surface area contributed by atoms with Crippen molar-refractivity contribution in [1.29, 1.82) is 0 Å². The summed E-state index contributed by atoms with van der Waals surface area (Å²) in [6, 6.07) is 14.4. The van der Waals surface area contributed by atoms with Crippen LogP contribution in [0.1, 0.15) is 29.7 Å². The van der Waals surface area contributed by atoms with Crippen LogP contribution in [-0.4, -0.2) is 41.1 Å². The van der Waals surface area contributed by atoms with Gasteiger partial charge in [0.1, 0.15) is 0 Å². The number of aromatic amines is 1. The van der Waals surface area contributed by atoms with Crippen LogP contribution >= 0.6 is 11.6 Å². The van der Waals surface area contributed by atoms with Gasteiger partial charge in [-0.05, 0) is 68.8 Å². The number of nitrogens with zero attached hydrogens (tertiary/aromatic N) is 4. The summed E-state index contributed by atoms with van der Waals surface area (Å²) in [6.07, 6.45) is 8.89. The number of aromatic nitrogens is 3. The number of halogens is 1. The maximum absolute atomic E-state index is 6.73. The molecule has 6 nitrogen and oxygen atoms in total. The highest BCUT2D eigenvalue weighted by molar-refractivity contribution is 6.35. The standard InChI is InChI=1S/C29H31ClN6/c1-19-23-12-15-34-28(23)25(30)11-10-21-6-4-5-7-27(21)36-29(19)24(18-32-3)26(35-36)13-14-33-17-22(16-31-2)20-8-9-20/h4-7,10-12,15-17,20,32,34H,2,8-9,13-14,18H2,1,3H3/b11-10?,22-16+,23-19?,28-25?,33-17-. The predicted octanol–water partition coefficient (Wildman–Crippen LogP) is 6.38. The number of H-pyrrole nitrogens is 1. The third-order valence-electron chi connectivity index (χ3n) is 6.75. The number of rotatable bonds is 8. The minimum Gasteiger partial charge on any atom is -0.360 e. The van der Waals surface area contributed by atoms with E-state index in [-0.39, 0.29) is 0 Å². The molecule has 2 N–H and O–H groups in total. The van der Waals surface area contributed by atoms with E-state index in [9.17, 15) is 0 Å². The molecule has 3 aromatic heterocycles. The Hall–Kier alpha value is -3.48. The summed E-state index contributed by atoms with van der Waals surface area (Å²) >= 11 is 6.73. The van der Waals surface area contributed by atoms with Crippen LogP contribution < -0.4 is 5.32 Å². The van der Waals surface area contributed by atoms with Crippen molar-refractivity contribution in [3.05, 3.63) is 82.3 Å². The lowest BCUT2D eigenvalue weighted by molar-refractivity contribution is 0.797. The third-order valence-corrected chi connectivity index (χ3v) is 7.06. The lowest BCUT2D eigenvalue weighted by atomic mass is 10.1. The molecule has 0 atom stereocenters. The van der Waals surface area contributed by atoms with E-state index in [1.807, 2.05) is 43.9 Å². The summed E-state index contributed by atoms with van der Waals surface area (Å²) in [5, 5.41) is 11.3. The average Bonchev–Trinajstić information content (AvgIpc) is 3.50. The van der Waals surface area contributed by atoms with Gasteiger partial charge in [-0.1, -0.05) is 35.9 Å². The molecule has 0 aliphatic heterocycles. The zero-order valence-electron chi connectivity index (χ0n) is 20.8. The Bertz CT molecular complexity index is 1550. The van der Waals surface area contributed by atoms with E-state index in [1.54, 1.807) is 0 Å². The molecule has 0 spiro atoms. The molecule has 36 heavy (non-hydrogen) atoms. The number of aryl methyl sites for hydroxylation is 1. The molecular weight excluding hydrogens is 468 g/mol. The second-order valence-corrected chi connectivity index (χ2v) is 9.63. The molecule has 1 saturated carbocycles. The van der Waals surface area contributed by atoms with E-state index in [4.69, 9.17) is 21.7 Å². The van der Waals surface area contributed by atoms with Crippen LogP contribution in [0.15, 0.2) is 70.4 Å². The van der Waals surface area contributed by atoms with E-state index in [0.29, 0.717) is 24.0 Å². The number of para-hydroxylation sites is 1. The van der Waals surface area contributed by atoms with Crippen LogP contribution in [0.2, 0.25) is 5.02 Å². The Morgan fingerprint density at radius 1 is 1.25 bits per heavy atom. The van der Waals surface area contributed by atoms with Gasteiger partial charge in [-0.2, -0.15) is 5.10 Å². The molecule has 1 fully saturated rings. The molecule has 7 heteroatoms. The number of benzene rings is 1. The Kier molecular flexibility index (Phi) is 7.16. The Labute approximate surface area is 216 Å². The van der Waals surface area contributed by atoms with Gasteiger partial charge in [0.2, 0.25) is 0 Å². The molecule has 184 valence electrons. The van der Waals surface area contributed by atoms with Crippen molar-refractivity contribution in [3.63, 3.8) is 0 Å². The van der Waals surface area contributed by atoms with Gasteiger partial charge in [0.15, 0.2) is 0 Å². The first-order chi connectivity index (χ1) is 17.6. The highest BCUT2D eigenvalue weighted by Gasteiger charge is 2.24. The zero-order chi connectivity index (χ0) is 25.1. The van der Waals surface area contributed by atoms with Crippen molar-refractivity contribution in [2.24, 2.45) is 15.9 Å². The van der Waals surface area contributed by atoms with Crippen molar-refractivity contribution in [1.82, 2.24) is 19.9 Å². The fourth-order valence-corrected chi connectivity index (χ4v) is 5.02. The number of hydrogen-bond acceptors (Lipinski definition) is 4. The fourth-order valence-electron chi connectivity index (χ4n) is 4.80. The highest BCUT2D eigenvalue weighted by atomic mass is 35.5. The predicted molar refractivity (Wildman–Crippen MR) is 152 cm³/mol. The van der Waals surface area contributed by atoms with E-state index in [1.165, 1.54) is 24.0 Å². The quantitative estimate of drug-likeness (QED) is 0.277. The Balaban J connectivity index is 1.71. The molecule has 0 unspecified atom stereocenters. The lowest BCUT2D eigenvalue weighted by Crippen LogP contribution is -2.08. The molecule has 1 aliphatic rings. The largest absolute Gasteiger partial charge is 0.360 e. The molecule has 0 saturated heterocycles. The Morgan fingerprint density at radius 2 is 2.08 bits per heavy atom. The maximum Gasteiger partial charge on any atom is 0.0752 e. The van der Waals surface area contributed by atoms with Gasteiger partial charge in [-0.15, -0.1) is 0 Å². The van der Waals surface area contributed by atoms with Crippen molar-refractivity contribution in [2.75, 3.05) is 13.6 Å². The molecule has 0 bridgehead atoms. The summed E-state index contributed by atoms with van der Waals surface area (Å²) in [7, 11) is 1.97. The third kappa shape index (κ3) is 4.79. The molecule has 0 amide bonds. The normalized spacial score (nSPS) is 14.2. The van der Waals surface area contributed by atoms with Crippen LogP contribution in [0.5, 0.6) is 0 Å². The molecule has 3 heterocycles. The van der Waals surface area contributed by atoms with Gasteiger partial charge in [0.25, 0.3) is 0 Å². The van der Waals surface area contributed by atoms with Gasteiger partial charge in [-0.3, -0.25) is 9.98 Å². The van der Waals surface area contributed by atoms with Gasteiger partial charge in [-0.25, -0.2) is 4.52 Å². The molecule has 4 aromatic rings. The van der Waals surface area contributed by atoms with E-state index >= 15 is 0 Å². The zero-order valence-corrected chi connectivity index (χ0v) is 21.5. The molecule has 5 rings (SSSR count). The van der Waals surface area contributed by atoms with Gasteiger partial charge < -0.3 is 10.3 Å². The van der Waals surface area contributed by atoms with Crippen molar-refractivity contribution in [2.45, 2.75) is 32.7 Å². The van der Waals surface area contributed by atoms with E-state index in [2.05, 4.69) is 57.7 Å². The van der Waals surface area contributed by atoms with Gasteiger partial charge >= 0.3 is 0 Å². The van der Waals surface area contributed by atoms with Crippen molar-refractivity contribution >= 4 is 51.9 Å². The van der Waals surface area contributed by atoms with E-state index in [0.717, 1.165) is 45.0 Å². The molecular formula is C29H31ClN6. The SMILES string of the molecule is C=N/C=C(\C=N/CCc1nn2c(c1CNC)c(C)c1cc[nH]c1c(Cl)ccc1ccccc12)C1CC1. The van der Waals surface area contributed by atoms with E-state index < -0.39 is 0 Å². The smallest absolute Gasteiger partial charge is 0.0752 e. The second kappa shape index (κ2) is 10.6. The van der Waals surface area contributed by atoms with Crippen LogP contribution in [0.3, 0.4) is 0 Å². The van der Waals surface area contributed by atoms with Crippen LogP contribution in [-0.2, 0) is 13.0 Å². The minimum atomic E-state index is 0.584. The van der Waals surface area contributed by atoms with Crippen LogP contribution in [0, 0.1) is 12.8 Å². The fraction of sp³-hybridized carbons (Fsp3) is 0.276. The first-order valence-electron chi connectivity index (χ1n) is 12.4. The summed E-state index contributed by atoms with van der Waals surface area (Å²) < 4.78 is 2.09. The van der Waals surface area contributed by atoms with Crippen molar-refractivity contribution in [3.8, 4) is 0 Å². The summed E-state index contributed by atoms with van der Waals surface area (Å²) in [5.41, 5.74) is 7.54. The van der Waals surface area contributed by atoms with Crippen LogP contribution in [0.25, 0.3) is 27.3 Å². The highest BCUT2D eigenvalue weighted by Crippen LogP contribution is 2.35. The van der Waals surface area contributed by atoms with Gasteiger partial charge in [0.05, 0.1) is 27.3 Å². The number of nitrogens with one attached hydrogen (secondary N) is 2. The summed E-state index contributed by atoms with van der Waals surface area (Å²) in [5.74, 6) is 0.584. The van der Waals surface area contributed by atoms with Gasteiger partial charge in [0, 0.05) is 54.5 Å². The maximum atomic E-state index is 6.73. The minimum absolute atomic E-state index is 0.584. The average molecular weight is 499 g/mol. The Morgan fingerprint density at radius 3 is 2.86 bits per heavy atom. The molecule has 1 aliphatic carbocycles. The summed E-state index contributed by atoms with van der Waals surface area (Å²) in [4.78, 5) is 12.0. The molecule has 1 aromatic carbocycles. The van der Waals surface area contributed by atoms with Crippen LogP contribution in [0.4, 0.5) is 0 Å². The number of allylic oxidation sites excluding steroid dienone is 1. The number of fused-ring (bicyclic) bond motifs is 4.